The summed E-state index contributed by atoms with van der Waals surface area (Å²) in [5.74, 6) is 3.76. The summed E-state index contributed by atoms with van der Waals surface area (Å²) in [6, 6.07) is 8.25. The number of rotatable bonds is 6. The van der Waals surface area contributed by atoms with Gasteiger partial charge >= 0.3 is 0 Å². The van der Waals surface area contributed by atoms with Gasteiger partial charge in [-0.05, 0) is 75.3 Å². The predicted molar refractivity (Wildman–Crippen MR) is 112 cm³/mol. The zero-order valence-electron chi connectivity index (χ0n) is 16.9. The van der Waals surface area contributed by atoms with Gasteiger partial charge in [-0.15, -0.1) is 0 Å². The first-order chi connectivity index (χ1) is 13.5. The van der Waals surface area contributed by atoms with E-state index in [0.717, 1.165) is 72.4 Å². The van der Waals surface area contributed by atoms with Gasteiger partial charge in [0.2, 0.25) is 5.91 Å². The molecule has 0 aliphatic heterocycles. The van der Waals surface area contributed by atoms with Crippen LogP contribution in [0.2, 0.25) is 0 Å². The van der Waals surface area contributed by atoms with Crippen molar-refractivity contribution in [2.24, 2.45) is 23.2 Å². The van der Waals surface area contributed by atoms with Gasteiger partial charge in [0, 0.05) is 24.9 Å². The maximum absolute atomic E-state index is 13.2. The zero-order valence-corrected chi connectivity index (χ0v) is 16.9. The lowest BCUT2D eigenvalue weighted by Crippen LogP contribution is -2.53. The molecule has 4 aliphatic carbocycles. The van der Waals surface area contributed by atoms with Gasteiger partial charge in [0.1, 0.15) is 5.82 Å². The van der Waals surface area contributed by atoms with Gasteiger partial charge in [-0.2, -0.15) is 0 Å². The van der Waals surface area contributed by atoms with Gasteiger partial charge in [-0.3, -0.25) is 4.79 Å². The third-order valence-corrected chi connectivity index (χ3v) is 7.32. The molecule has 4 bridgehead atoms. The SMILES string of the molecule is C=C(C)Cn1c(CCNC(=O)C23CC4CC(CC(C4)C2)C3)nc2ccccc21. The molecule has 0 unspecified atom stereocenters. The summed E-state index contributed by atoms with van der Waals surface area (Å²) in [6.07, 6.45) is 8.25. The van der Waals surface area contributed by atoms with Gasteiger partial charge in [0.15, 0.2) is 0 Å². The molecule has 4 aliphatic rings. The minimum atomic E-state index is -0.0629. The second-order valence-electron chi connectivity index (χ2n) is 9.76. The number of carbonyl (C=O) groups is 1. The highest BCUT2D eigenvalue weighted by Crippen LogP contribution is 2.60. The first-order valence-electron chi connectivity index (χ1n) is 10.9. The number of para-hydroxylation sites is 2. The summed E-state index contributed by atoms with van der Waals surface area (Å²) < 4.78 is 2.24. The van der Waals surface area contributed by atoms with Gasteiger partial charge in [-0.25, -0.2) is 4.98 Å². The Morgan fingerprint density at radius 1 is 1.18 bits per heavy atom. The molecule has 28 heavy (non-hydrogen) atoms. The second-order valence-corrected chi connectivity index (χ2v) is 9.76. The van der Waals surface area contributed by atoms with Crippen molar-refractivity contribution in [2.75, 3.05) is 6.54 Å². The number of nitrogens with one attached hydrogen (secondary N) is 1. The van der Waals surface area contributed by atoms with E-state index < -0.39 is 0 Å². The van der Waals surface area contributed by atoms with Crippen molar-refractivity contribution in [1.29, 1.82) is 0 Å². The minimum Gasteiger partial charge on any atom is -0.355 e. The molecule has 4 nitrogen and oxygen atoms in total. The molecule has 148 valence electrons. The maximum Gasteiger partial charge on any atom is 0.226 e. The summed E-state index contributed by atoms with van der Waals surface area (Å²) in [4.78, 5) is 18.0. The number of hydrogen-bond donors (Lipinski definition) is 1. The minimum absolute atomic E-state index is 0.0629. The molecule has 4 saturated carbocycles. The molecular formula is C24H31N3O. The quantitative estimate of drug-likeness (QED) is 0.754. The number of hydrogen-bond acceptors (Lipinski definition) is 2. The fourth-order valence-corrected chi connectivity index (χ4v) is 6.63. The number of nitrogens with zero attached hydrogens (tertiary/aromatic N) is 2. The van der Waals surface area contributed by atoms with E-state index in [4.69, 9.17) is 4.98 Å². The Hall–Kier alpha value is -2.10. The molecule has 1 aromatic heterocycles. The van der Waals surface area contributed by atoms with Crippen LogP contribution in [-0.4, -0.2) is 22.0 Å². The number of amides is 1. The summed E-state index contributed by atoms with van der Waals surface area (Å²) in [7, 11) is 0. The van der Waals surface area contributed by atoms with Crippen LogP contribution in [0, 0.1) is 23.2 Å². The van der Waals surface area contributed by atoms with Gasteiger partial charge in [-0.1, -0.05) is 24.3 Å². The molecule has 0 spiro atoms. The molecular weight excluding hydrogens is 346 g/mol. The molecule has 0 atom stereocenters. The molecule has 1 N–H and O–H groups in total. The van der Waals surface area contributed by atoms with Crippen LogP contribution in [0.4, 0.5) is 0 Å². The molecule has 4 heteroatoms. The van der Waals surface area contributed by atoms with Crippen LogP contribution in [0.5, 0.6) is 0 Å². The fraction of sp³-hybridized carbons (Fsp3) is 0.583. The summed E-state index contributed by atoms with van der Waals surface area (Å²) in [5.41, 5.74) is 3.22. The van der Waals surface area contributed by atoms with Crippen molar-refractivity contribution in [2.45, 2.75) is 58.4 Å². The van der Waals surface area contributed by atoms with Crippen LogP contribution in [0.3, 0.4) is 0 Å². The first kappa shape index (κ1) is 18.0. The van der Waals surface area contributed by atoms with E-state index in [-0.39, 0.29) is 5.41 Å². The smallest absolute Gasteiger partial charge is 0.226 e. The Labute approximate surface area is 167 Å². The van der Waals surface area contributed by atoms with Crippen LogP contribution in [0.15, 0.2) is 36.4 Å². The third kappa shape index (κ3) is 3.07. The van der Waals surface area contributed by atoms with Gasteiger partial charge < -0.3 is 9.88 Å². The van der Waals surface area contributed by atoms with E-state index in [1.54, 1.807) is 0 Å². The van der Waals surface area contributed by atoms with E-state index in [1.807, 2.05) is 13.0 Å². The number of carbonyl (C=O) groups excluding carboxylic acids is 1. The molecule has 0 radical (unpaired) electrons. The molecule has 1 amide bonds. The first-order valence-corrected chi connectivity index (χ1v) is 10.9. The third-order valence-electron chi connectivity index (χ3n) is 7.32. The topological polar surface area (TPSA) is 46.9 Å². The van der Waals surface area contributed by atoms with Crippen molar-refractivity contribution in [3.63, 3.8) is 0 Å². The monoisotopic (exact) mass is 377 g/mol. The molecule has 1 heterocycles. The lowest BCUT2D eigenvalue weighted by molar-refractivity contribution is -0.146. The molecule has 1 aromatic carbocycles. The van der Waals surface area contributed by atoms with E-state index in [2.05, 4.69) is 34.7 Å². The Morgan fingerprint density at radius 3 is 2.46 bits per heavy atom. The van der Waals surface area contributed by atoms with E-state index in [9.17, 15) is 4.79 Å². The van der Waals surface area contributed by atoms with Crippen LogP contribution in [0.1, 0.15) is 51.3 Å². The van der Waals surface area contributed by atoms with Crippen molar-refractivity contribution in [3.05, 3.63) is 42.2 Å². The molecule has 6 rings (SSSR count). The fourth-order valence-electron chi connectivity index (χ4n) is 6.63. The van der Waals surface area contributed by atoms with Gasteiger partial charge in [0.25, 0.3) is 0 Å². The van der Waals surface area contributed by atoms with E-state index >= 15 is 0 Å². The number of fused-ring (bicyclic) bond motifs is 1. The van der Waals surface area contributed by atoms with Crippen molar-refractivity contribution >= 4 is 16.9 Å². The van der Waals surface area contributed by atoms with E-state index in [0.29, 0.717) is 12.5 Å². The average Bonchev–Trinajstić information content (AvgIpc) is 2.97. The van der Waals surface area contributed by atoms with E-state index in [1.165, 1.54) is 19.3 Å². The summed E-state index contributed by atoms with van der Waals surface area (Å²) >= 11 is 0. The summed E-state index contributed by atoms with van der Waals surface area (Å²) in [6.45, 7) is 7.57. The number of benzene rings is 1. The highest BCUT2D eigenvalue weighted by atomic mass is 16.2. The van der Waals surface area contributed by atoms with Gasteiger partial charge in [0.05, 0.1) is 11.0 Å². The maximum atomic E-state index is 13.2. The Morgan fingerprint density at radius 2 is 1.82 bits per heavy atom. The highest BCUT2D eigenvalue weighted by Gasteiger charge is 2.54. The average molecular weight is 378 g/mol. The van der Waals surface area contributed by atoms with Crippen molar-refractivity contribution in [1.82, 2.24) is 14.9 Å². The second kappa shape index (κ2) is 6.75. The predicted octanol–water partition coefficient (Wildman–Crippen LogP) is 4.49. The standard InChI is InChI=1S/C24H31N3O/c1-16(2)15-27-21-6-4-3-5-20(21)26-22(27)7-8-25-23(28)24-12-17-9-18(13-24)11-19(10-17)14-24/h3-6,17-19H,1,7-15H2,2H3,(H,25,28). The number of aromatic nitrogens is 2. The number of allylic oxidation sites excluding steroid dienone is 1. The number of imidazole rings is 1. The highest BCUT2D eigenvalue weighted by molar-refractivity contribution is 5.83. The Bertz CT molecular complexity index is 890. The normalized spacial score (nSPS) is 30.7. The van der Waals surface area contributed by atoms with Crippen molar-refractivity contribution in [3.8, 4) is 0 Å². The van der Waals surface area contributed by atoms with Crippen LogP contribution in [-0.2, 0) is 17.8 Å². The Balaban J connectivity index is 1.28. The van der Waals surface area contributed by atoms with Crippen LogP contribution >= 0.6 is 0 Å². The van der Waals surface area contributed by atoms with Crippen LogP contribution in [0.25, 0.3) is 11.0 Å². The lowest BCUT2D eigenvalue weighted by atomic mass is 9.49. The largest absolute Gasteiger partial charge is 0.355 e. The lowest BCUT2D eigenvalue weighted by Gasteiger charge is -2.55. The van der Waals surface area contributed by atoms with Crippen LogP contribution < -0.4 is 5.32 Å². The molecule has 2 aromatic rings. The van der Waals surface area contributed by atoms with Crippen molar-refractivity contribution < 1.29 is 4.79 Å². The molecule has 0 saturated heterocycles. The zero-order chi connectivity index (χ0) is 19.3. The summed E-state index contributed by atoms with van der Waals surface area (Å²) in [5, 5.41) is 3.30. The molecule has 4 fully saturated rings. The Kier molecular flexibility index (Phi) is 4.33.